The molecule has 18 heavy (non-hydrogen) atoms. The molecule has 0 radical (unpaired) electrons. The normalized spacial score (nSPS) is 10.2. The van der Waals surface area contributed by atoms with Crippen molar-refractivity contribution in [1.82, 2.24) is 9.97 Å². The van der Waals surface area contributed by atoms with Gasteiger partial charge in [-0.15, -0.1) is 0 Å². The van der Waals surface area contributed by atoms with Crippen LogP contribution in [0, 0.1) is 17.0 Å². The molecule has 9 heteroatoms. The second-order valence-electron chi connectivity index (χ2n) is 3.38. The average molecular weight is 257 g/mol. The zero-order valence-electron chi connectivity index (χ0n) is 10.2. The van der Waals surface area contributed by atoms with Crippen molar-refractivity contribution in [3.05, 3.63) is 15.8 Å². The molecule has 0 atom stereocenters. The molecule has 0 spiro atoms. The lowest BCUT2D eigenvalue weighted by Crippen LogP contribution is -2.14. The molecular weight excluding hydrogens is 242 g/mol. The third-order valence-corrected chi connectivity index (χ3v) is 2.07. The van der Waals surface area contributed by atoms with E-state index in [2.05, 4.69) is 15.4 Å². The summed E-state index contributed by atoms with van der Waals surface area (Å²) >= 11 is 0. The van der Waals surface area contributed by atoms with Gasteiger partial charge in [0.05, 0.1) is 11.5 Å². The first kappa shape index (κ1) is 14.1. The summed E-state index contributed by atoms with van der Waals surface area (Å²) in [7, 11) is 1.56. The number of aryl methyl sites for hydroxylation is 1. The molecule has 3 N–H and O–H groups in total. The number of hydrogen-bond donors (Lipinski definition) is 2. The molecule has 0 amide bonds. The van der Waals surface area contributed by atoms with Gasteiger partial charge in [-0.05, 0) is 6.92 Å². The fourth-order valence-corrected chi connectivity index (χ4v) is 1.29. The summed E-state index contributed by atoms with van der Waals surface area (Å²) < 4.78 is 10.1. The first-order chi connectivity index (χ1) is 8.60. The molecule has 9 nitrogen and oxygen atoms in total. The number of methoxy groups -OCH3 is 1. The quantitative estimate of drug-likeness (QED) is 0.311. The molecule has 0 bridgehead atoms. The fraction of sp³-hybridized carbons (Fsp3) is 0.556. The van der Waals surface area contributed by atoms with Crippen LogP contribution in [0.1, 0.15) is 12.1 Å². The lowest BCUT2D eigenvalue weighted by Gasteiger charge is -2.08. The van der Waals surface area contributed by atoms with Gasteiger partial charge in [0.25, 0.3) is 5.88 Å². The highest BCUT2D eigenvalue weighted by Gasteiger charge is 2.23. The molecule has 1 aromatic heterocycles. The van der Waals surface area contributed by atoms with Crippen LogP contribution in [0.2, 0.25) is 0 Å². The molecule has 0 aliphatic rings. The monoisotopic (exact) mass is 257 g/mol. The number of hydrazine groups is 1. The first-order valence-electron chi connectivity index (χ1n) is 5.21. The number of nitrogens with two attached hydrogens (primary N) is 1. The highest BCUT2D eigenvalue weighted by molar-refractivity contribution is 5.48. The number of aromatic nitrogens is 2. The number of nitrogen functional groups attached to an aromatic ring is 1. The Hall–Kier alpha value is -2.00. The van der Waals surface area contributed by atoms with Gasteiger partial charge < -0.3 is 9.47 Å². The topological polar surface area (TPSA) is 125 Å². The SMILES string of the molecule is COCCCOc1nc(NN)nc(C)c1[N+](=O)[O-]. The average Bonchev–Trinajstić information content (AvgIpc) is 2.33. The summed E-state index contributed by atoms with van der Waals surface area (Å²) in [6, 6.07) is 0. The van der Waals surface area contributed by atoms with E-state index in [1.54, 1.807) is 7.11 Å². The Bertz CT molecular complexity index is 426. The van der Waals surface area contributed by atoms with Gasteiger partial charge in [0.2, 0.25) is 5.95 Å². The highest BCUT2D eigenvalue weighted by atomic mass is 16.6. The van der Waals surface area contributed by atoms with Gasteiger partial charge in [-0.3, -0.25) is 15.5 Å². The number of hydrogen-bond acceptors (Lipinski definition) is 8. The Balaban J connectivity index is 2.91. The van der Waals surface area contributed by atoms with E-state index in [0.717, 1.165) is 0 Å². The van der Waals surface area contributed by atoms with Crippen molar-refractivity contribution in [2.75, 3.05) is 25.7 Å². The Labute approximate surface area is 103 Å². The van der Waals surface area contributed by atoms with Crippen molar-refractivity contribution in [3.63, 3.8) is 0 Å². The smallest absolute Gasteiger partial charge is 0.352 e. The number of rotatable bonds is 7. The van der Waals surface area contributed by atoms with E-state index < -0.39 is 4.92 Å². The van der Waals surface area contributed by atoms with E-state index in [4.69, 9.17) is 15.3 Å². The molecule has 0 fully saturated rings. The van der Waals surface area contributed by atoms with Crippen molar-refractivity contribution in [2.45, 2.75) is 13.3 Å². The van der Waals surface area contributed by atoms with Crippen LogP contribution in [0.25, 0.3) is 0 Å². The maximum atomic E-state index is 10.9. The molecule has 0 unspecified atom stereocenters. The number of ether oxygens (including phenoxy) is 2. The standard InChI is InChI=1S/C9H15N5O4/c1-6-7(14(15)16)8(12-9(11-6)13-10)18-5-3-4-17-2/h3-5,10H2,1-2H3,(H,11,12,13). The third-order valence-electron chi connectivity index (χ3n) is 2.07. The number of nitrogens with zero attached hydrogens (tertiary/aromatic N) is 3. The molecule has 0 aliphatic heterocycles. The molecule has 1 rings (SSSR count). The number of anilines is 1. The second-order valence-corrected chi connectivity index (χ2v) is 3.38. The highest BCUT2D eigenvalue weighted by Crippen LogP contribution is 2.28. The summed E-state index contributed by atoms with van der Waals surface area (Å²) in [6.45, 7) is 2.25. The van der Waals surface area contributed by atoms with Gasteiger partial charge in [0, 0.05) is 20.1 Å². The zero-order chi connectivity index (χ0) is 13.5. The predicted molar refractivity (Wildman–Crippen MR) is 63.2 cm³/mol. The summed E-state index contributed by atoms with van der Waals surface area (Å²) in [5.41, 5.74) is 2.15. The molecular formula is C9H15N5O4. The van der Waals surface area contributed by atoms with Crippen LogP contribution in [-0.2, 0) is 4.74 Å². The number of nitro groups is 1. The van der Waals surface area contributed by atoms with Gasteiger partial charge in [-0.25, -0.2) is 10.8 Å². The van der Waals surface area contributed by atoms with Crippen molar-refractivity contribution in [2.24, 2.45) is 5.84 Å². The molecule has 0 aliphatic carbocycles. The molecule has 1 heterocycles. The van der Waals surface area contributed by atoms with Crippen LogP contribution in [0.5, 0.6) is 5.88 Å². The minimum absolute atomic E-state index is 0.0693. The Morgan fingerprint density at radius 2 is 2.17 bits per heavy atom. The Morgan fingerprint density at radius 3 is 2.72 bits per heavy atom. The maximum absolute atomic E-state index is 10.9. The van der Waals surface area contributed by atoms with E-state index in [1.165, 1.54) is 6.92 Å². The Kier molecular flexibility index (Phi) is 5.21. The van der Waals surface area contributed by atoms with E-state index in [0.29, 0.717) is 13.0 Å². The van der Waals surface area contributed by atoms with E-state index in [-0.39, 0.29) is 29.8 Å². The van der Waals surface area contributed by atoms with Gasteiger partial charge in [-0.1, -0.05) is 0 Å². The van der Waals surface area contributed by atoms with Gasteiger partial charge in [-0.2, -0.15) is 4.98 Å². The molecule has 1 aromatic rings. The number of nitrogens with one attached hydrogen (secondary N) is 1. The van der Waals surface area contributed by atoms with Crippen LogP contribution in [-0.4, -0.2) is 35.2 Å². The van der Waals surface area contributed by atoms with E-state index in [9.17, 15) is 10.1 Å². The molecule has 100 valence electrons. The van der Waals surface area contributed by atoms with Crippen molar-refractivity contribution in [3.8, 4) is 5.88 Å². The lowest BCUT2D eigenvalue weighted by atomic mass is 10.3. The van der Waals surface area contributed by atoms with Gasteiger partial charge in [0.15, 0.2) is 0 Å². The van der Waals surface area contributed by atoms with Crippen LogP contribution in [0.3, 0.4) is 0 Å². The summed E-state index contributed by atoms with van der Waals surface area (Å²) in [5.74, 6) is 5.14. The largest absolute Gasteiger partial charge is 0.473 e. The van der Waals surface area contributed by atoms with Crippen molar-refractivity contribution >= 4 is 11.6 Å². The molecule has 0 saturated carbocycles. The van der Waals surface area contributed by atoms with Crippen LogP contribution in [0.4, 0.5) is 11.6 Å². The molecule has 0 aromatic carbocycles. The van der Waals surface area contributed by atoms with Crippen LogP contribution >= 0.6 is 0 Å². The van der Waals surface area contributed by atoms with Crippen LogP contribution in [0.15, 0.2) is 0 Å². The lowest BCUT2D eigenvalue weighted by molar-refractivity contribution is -0.387. The minimum atomic E-state index is -0.582. The Morgan fingerprint density at radius 1 is 1.44 bits per heavy atom. The summed E-state index contributed by atoms with van der Waals surface area (Å²) in [5, 5.41) is 10.9. The van der Waals surface area contributed by atoms with E-state index in [1.807, 2.05) is 0 Å². The zero-order valence-corrected chi connectivity index (χ0v) is 10.2. The van der Waals surface area contributed by atoms with E-state index >= 15 is 0 Å². The van der Waals surface area contributed by atoms with Gasteiger partial charge >= 0.3 is 5.69 Å². The first-order valence-corrected chi connectivity index (χ1v) is 5.21. The van der Waals surface area contributed by atoms with Crippen molar-refractivity contribution < 1.29 is 14.4 Å². The fourth-order valence-electron chi connectivity index (χ4n) is 1.29. The second kappa shape index (κ2) is 6.67. The predicted octanol–water partition coefficient (Wildman–Crippen LogP) is 0.394. The van der Waals surface area contributed by atoms with Gasteiger partial charge in [0.1, 0.15) is 5.69 Å². The maximum Gasteiger partial charge on any atom is 0.352 e. The minimum Gasteiger partial charge on any atom is -0.473 e. The summed E-state index contributed by atoms with van der Waals surface area (Å²) in [4.78, 5) is 18.0. The summed E-state index contributed by atoms with van der Waals surface area (Å²) in [6.07, 6.45) is 0.599. The third kappa shape index (κ3) is 3.50. The molecule has 0 saturated heterocycles. The van der Waals surface area contributed by atoms with Crippen LogP contribution < -0.4 is 16.0 Å². The van der Waals surface area contributed by atoms with Crippen molar-refractivity contribution in [1.29, 1.82) is 0 Å².